The fourth-order valence-corrected chi connectivity index (χ4v) is 4.84. The van der Waals surface area contributed by atoms with Gasteiger partial charge in [-0.2, -0.15) is 0 Å². The minimum Gasteiger partial charge on any atom is -0.369 e. The summed E-state index contributed by atoms with van der Waals surface area (Å²) in [4.78, 5) is 27.8. The second-order valence-electron chi connectivity index (χ2n) is 6.85. The monoisotopic (exact) mass is 392 g/mol. The van der Waals surface area contributed by atoms with Crippen molar-refractivity contribution in [3.8, 4) is 0 Å². The van der Waals surface area contributed by atoms with Crippen LogP contribution in [0.3, 0.4) is 0 Å². The number of methoxy groups -OCH3 is 1. The summed E-state index contributed by atoms with van der Waals surface area (Å²) < 4.78 is 5.26. The molecule has 26 heavy (non-hydrogen) atoms. The van der Waals surface area contributed by atoms with E-state index in [0.29, 0.717) is 17.1 Å². The molecule has 2 heterocycles. The largest absolute Gasteiger partial charge is 0.369 e. The molecule has 0 spiro atoms. The van der Waals surface area contributed by atoms with Crippen LogP contribution in [-0.4, -0.2) is 24.5 Å². The molecule has 0 aromatic carbocycles. The van der Waals surface area contributed by atoms with Crippen molar-refractivity contribution in [1.29, 1.82) is 0 Å². The summed E-state index contributed by atoms with van der Waals surface area (Å²) in [5.41, 5.74) is 0.770. The first kappa shape index (κ1) is 19.1. The van der Waals surface area contributed by atoms with Crippen molar-refractivity contribution in [3.05, 3.63) is 38.4 Å². The highest BCUT2D eigenvalue weighted by Gasteiger charge is 2.31. The van der Waals surface area contributed by atoms with E-state index in [1.807, 2.05) is 17.5 Å². The molecule has 0 unspecified atom stereocenters. The molecule has 0 bridgehead atoms. The number of carbonyl (C=O) groups excluding carboxylic acids is 2. The Hall–Kier alpha value is -1.70. The number of fused-ring (bicyclic) bond motifs is 1. The molecule has 0 saturated carbocycles. The normalized spacial score (nSPS) is 14.0. The summed E-state index contributed by atoms with van der Waals surface area (Å²) >= 11 is 3.14. The van der Waals surface area contributed by atoms with Crippen molar-refractivity contribution in [2.24, 2.45) is 0 Å². The van der Waals surface area contributed by atoms with Gasteiger partial charge in [-0.3, -0.25) is 9.59 Å². The third kappa shape index (κ3) is 4.00. The summed E-state index contributed by atoms with van der Waals surface area (Å²) in [6.45, 7) is 3.93. The van der Waals surface area contributed by atoms with Gasteiger partial charge in [-0.25, -0.2) is 0 Å². The Morgan fingerprint density at radius 1 is 1.27 bits per heavy atom. The average molecular weight is 393 g/mol. The van der Waals surface area contributed by atoms with Crippen LogP contribution in [0.1, 0.15) is 52.4 Å². The molecule has 1 aliphatic carbocycles. The lowest BCUT2D eigenvalue weighted by Gasteiger charge is -2.21. The molecule has 1 aliphatic rings. The van der Waals surface area contributed by atoms with Crippen LogP contribution in [0, 0.1) is 0 Å². The van der Waals surface area contributed by atoms with Gasteiger partial charge in [-0.05, 0) is 56.5 Å². The zero-order valence-corrected chi connectivity index (χ0v) is 16.9. The van der Waals surface area contributed by atoms with Gasteiger partial charge in [0, 0.05) is 16.9 Å². The Kier molecular flexibility index (Phi) is 5.79. The number of rotatable bonds is 6. The molecule has 0 radical (unpaired) electrons. The molecule has 3 rings (SSSR count). The first-order valence-electron chi connectivity index (χ1n) is 8.74. The molecule has 2 aromatic rings. The highest BCUT2D eigenvalue weighted by Crippen LogP contribution is 2.38. The Morgan fingerprint density at radius 3 is 2.73 bits per heavy atom. The van der Waals surface area contributed by atoms with E-state index in [4.69, 9.17) is 4.74 Å². The SMILES string of the molecule is COC(C)(C)C(=O)Nc1sc2c(c1C(=O)NCc1cccs1)CCCC2. The number of amides is 2. The molecule has 0 fully saturated rings. The topological polar surface area (TPSA) is 67.4 Å². The number of thiophene rings is 2. The Balaban J connectivity index is 1.85. The fraction of sp³-hybridized carbons (Fsp3) is 0.474. The van der Waals surface area contributed by atoms with Crippen LogP contribution in [0.2, 0.25) is 0 Å². The van der Waals surface area contributed by atoms with E-state index in [9.17, 15) is 9.59 Å². The van der Waals surface area contributed by atoms with Gasteiger partial charge in [0.1, 0.15) is 10.6 Å². The van der Waals surface area contributed by atoms with Crippen LogP contribution < -0.4 is 10.6 Å². The molecule has 0 saturated heterocycles. The third-order valence-electron chi connectivity index (χ3n) is 4.69. The van der Waals surface area contributed by atoms with Crippen LogP contribution in [0.5, 0.6) is 0 Å². The van der Waals surface area contributed by atoms with Crippen molar-refractivity contribution in [2.45, 2.75) is 51.7 Å². The van der Waals surface area contributed by atoms with Gasteiger partial charge in [-0.1, -0.05) is 6.07 Å². The van der Waals surface area contributed by atoms with Crippen LogP contribution in [0.25, 0.3) is 0 Å². The standard InChI is InChI=1S/C19H24N2O3S2/c1-19(2,24-3)18(23)21-17-15(13-8-4-5-9-14(13)26-17)16(22)20-11-12-7-6-10-25-12/h6-7,10H,4-5,8-9,11H2,1-3H3,(H,20,22)(H,21,23). The lowest BCUT2D eigenvalue weighted by atomic mass is 9.95. The zero-order valence-electron chi connectivity index (χ0n) is 15.3. The van der Waals surface area contributed by atoms with Gasteiger partial charge < -0.3 is 15.4 Å². The average Bonchev–Trinajstić information content (AvgIpc) is 3.26. The lowest BCUT2D eigenvalue weighted by Crippen LogP contribution is -2.39. The Labute approximate surface area is 161 Å². The van der Waals surface area contributed by atoms with E-state index in [-0.39, 0.29) is 11.8 Å². The summed E-state index contributed by atoms with van der Waals surface area (Å²) in [5.74, 6) is -0.366. The van der Waals surface area contributed by atoms with Gasteiger partial charge in [0.25, 0.3) is 11.8 Å². The smallest absolute Gasteiger partial charge is 0.256 e. The van der Waals surface area contributed by atoms with Gasteiger partial charge in [0.2, 0.25) is 0 Å². The molecule has 140 valence electrons. The second-order valence-corrected chi connectivity index (χ2v) is 8.98. The summed E-state index contributed by atoms with van der Waals surface area (Å²) in [5, 5.41) is 8.56. The molecule has 7 heteroatoms. The van der Waals surface area contributed by atoms with Crippen LogP contribution >= 0.6 is 22.7 Å². The molecule has 2 amide bonds. The number of anilines is 1. The van der Waals surface area contributed by atoms with Crippen molar-refractivity contribution >= 4 is 39.5 Å². The van der Waals surface area contributed by atoms with Crippen molar-refractivity contribution in [1.82, 2.24) is 5.32 Å². The highest BCUT2D eigenvalue weighted by molar-refractivity contribution is 7.17. The first-order valence-corrected chi connectivity index (χ1v) is 10.4. The molecule has 5 nitrogen and oxygen atoms in total. The predicted octanol–water partition coefficient (Wildman–Crippen LogP) is 3.98. The van der Waals surface area contributed by atoms with Gasteiger partial charge in [-0.15, -0.1) is 22.7 Å². The van der Waals surface area contributed by atoms with E-state index in [1.54, 1.807) is 25.2 Å². The van der Waals surface area contributed by atoms with E-state index >= 15 is 0 Å². The molecule has 0 aliphatic heterocycles. The Bertz CT molecular complexity index is 794. The van der Waals surface area contributed by atoms with E-state index < -0.39 is 5.60 Å². The summed E-state index contributed by atoms with van der Waals surface area (Å²) in [6.07, 6.45) is 4.05. The van der Waals surface area contributed by atoms with Crippen molar-refractivity contribution < 1.29 is 14.3 Å². The van der Waals surface area contributed by atoms with Gasteiger partial charge in [0.15, 0.2) is 0 Å². The fourth-order valence-electron chi connectivity index (χ4n) is 2.91. The van der Waals surface area contributed by atoms with Crippen LogP contribution in [0.15, 0.2) is 17.5 Å². The third-order valence-corrected chi connectivity index (χ3v) is 6.77. The van der Waals surface area contributed by atoms with Crippen LogP contribution in [-0.2, 0) is 28.9 Å². The van der Waals surface area contributed by atoms with Gasteiger partial charge in [0.05, 0.1) is 12.1 Å². The maximum atomic E-state index is 12.9. The summed E-state index contributed by atoms with van der Waals surface area (Å²) in [7, 11) is 1.51. The minimum atomic E-state index is -0.949. The molecule has 2 N–H and O–H groups in total. The lowest BCUT2D eigenvalue weighted by molar-refractivity contribution is -0.133. The second kappa shape index (κ2) is 7.90. The molecular formula is C19H24N2O3S2. The van der Waals surface area contributed by atoms with Crippen molar-refractivity contribution in [3.63, 3.8) is 0 Å². The maximum Gasteiger partial charge on any atom is 0.256 e. The van der Waals surface area contributed by atoms with E-state index in [2.05, 4.69) is 10.6 Å². The number of hydrogen-bond acceptors (Lipinski definition) is 5. The molecule has 0 atom stereocenters. The van der Waals surface area contributed by atoms with E-state index in [1.165, 1.54) is 23.3 Å². The Morgan fingerprint density at radius 2 is 2.04 bits per heavy atom. The number of nitrogens with one attached hydrogen (secondary N) is 2. The number of carbonyl (C=O) groups is 2. The molecular weight excluding hydrogens is 368 g/mol. The predicted molar refractivity (Wildman–Crippen MR) is 106 cm³/mol. The minimum absolute atomic E-state index is 0.122. The van der Waals surface area contributed by atoms with Gasteiger partial charge >= 0.3 is 0 Å². The maximum absolute atomic E-state index is 12.9. The first-order chi connectivity index (χ1) is 12.4. The highest BCUT2D eigenvalue weighted by atomic mass is 32.1. The zero-order chi connectivity index (χ0) is 18.7. The van der Waals surface area contributed by atoms with E-state index in [0.717, 1.165) is 36.1 Å². The van der Waals surface area contributed by atoms with Crippen molar-refractivity contribution in [2.75, 3.05) is 12.4 Å². The number of aryl methyl sites for hydroxylation is 1. The summed E-state index contributed by atoms with van der Waals surface area (Å²) in [6, 6.07) is 3.97. The number of ether oxygens (including phenoxy) is 1. The number of hydrogen-bond donors (Lipinski definition) is 2. The van der Waals surface area contributed by atoms with Crippen LogP contribution in [0.4, 0.5) is 5.00 Å². The molecule has 2 aromatic heterocycles. The quantitative estimate of drug-likeness (QED) is 0.781.